The van der Waals surface area contributed by atoms with Gasteiger partial charge in [0.05, 0.1) is 11.3 Å². The van der Waals surface area contributed by atoms with Crippen molar-refractivity contribution >= 4 is 12.3 Å². The molecule has 1 heterocycles. The van der Waals surface area contributed by atoms with E-state index < -0.39 is 6.09 Å². The van der Waals surface area contributed by atoms with Gasteiger partial charge in [0.2, 0.25) is 0 Å². The maximum atomic E-state index is 12.2. The fourth-order valence-corrected chi connectivity index (χ4v) is 1.88. The molecule has 0 radical (unpaired) electrons. The van der Waals surface area contributed by atoms with Crippen molar-refractivity contribution in [2.24, 2.45) is 4.99 Å². The topological polar surface area (TPSA) is 87.4 Å². The van der Waals surface area contributed by atoms with Gasteiger partial charge in [0.15, 0.2) is 0 Å². The Kier molecular flexibility index (Phi) is 3.56. The number of amides is 1. The summed E-state index contributed by atoms with van der Waals surface area (Å²) in [7, 11) is 0. The lowest BCUT2D eigenvalue weighted by Gasteiger charge is -2.05. The molecule has 6 heteroatoms. The van der Waals surface area contributed by atoms with Gasteiger partial charge in [0.25, 0.3) is 5.56 Å². The minimum Gasteiger partial charge on any atom is -0.463 e. The molecule has 6 nitrogen and oxygen atoms in total. The van der Waals surface area contributed by atoms with E-state index >= 15 is 0 Å². The smallest absolute Gasteiger partial charge is 0.431 e. The van der Waals surface area contributed by atoms with E-state index in [4.69, 9.17) is 5.11 Å². The fraction of sp³-hybridized carbons (Fsp3) is 0.214. The Bertz CT molecular complexity index is 754. The molecule has 2 rings (SSSR count). The van der Waals surface area contributed by atoms with Crippen molar-refractivity contribution in [2.45, 2.75) is 20.8 Å². The Labute approximate surface area is 115 Å². The number of benzene rings is 1. The SMILES string of the molecule is Cc1ccc(-n2[nH]c(C)c(/C=N/C(=O)O)c2=O)cc1C. The minimum absolute atomic E-state index is 0.241. The molecule has 0 saturated carbocycles. The third-order valence-electron chi connectivity index (χ3n) is 3.17. The number of hydrogen-bond donors (Lipinski definition) is 2. The van der Waals surface area contributed by atoms with Crippen LogP contribution in [0.1, 0.15) is 22.4 Å². The number of H-pyrrole nitrogens is 1. The standard InChI is InChI=1S/C14H15N3O3/c1-8-4-5-11(6-9(8)2)17-13(18)12(10(3)16-17)7-15-14(19)20/h4-7,16H,1-3H3,(H,19,20)/b15-7+. The van der Waals surface area contributed by atoms with Crippen molar-refractivity contribution in [3.8, 4) is 5.69 Å². The van der Waals surface area contributed by atoms with Gasteiger partial charge >= 0.3 is 6.09 Å². The van der Waals surface area contributed by atoms with E-state index in [1.54, 1.807) is 6.92 Å². The van der Waals surface area contributed by atoms with Gasteiger partial charge in [-0.3, -0.25) is 9.89 Å². The second kappa shape index (κ2) is 5.16. The highest BCUT2D eigenvalue weighted by molar-refractivity contribution is 5.88. The molecular weight excluding hydrogens is 258 g/mol. The number of nitrogens with one attached hydrogen (secondary N) is 1. The van der Waals surface area contributed by atoms with E-state index in [2.05, 4.69) is 10.1 Å². The summed E-state index contributed by atoms with van der Waals surface area (Å²) in [6.45, 7) is 5.65. The summed E-state index contributed by atoms with van der Waals surface area (Å²) in [6, 6.07) is 5.65. The van der Waals surface area contributed by atoms with Crippen molar-refractivity contribution < 1.29 is 9.90 Å². The highest BCUT2D eigenvalue weighted by atomic mass is 16.4. The van der Waals surface area contributed by atoms with Crippen LogP contribution < -0.4 is 5.56 Å². The van der Waals surface area contributed by atoms with Crippen molar-refractivity contribution in [1.82, 2.24) is 9.78 Å². The highest BCUT2D eigenvalue weighted by Gasteiger charge is 2.11. The first-order valence-electron chi connectivity index (χ1n) is 6.06. The van der Waals surface area contributed by atoms with Gasteiger partial charge in [0.1, 0.15) is 0 Å². The molecule has 104 valence electrons. The number of rotatable bonds is 2. The Hall–Kier alpha value is -2.63. The first kappa shape index (κ1) is 13.8. The van der Waals surface area contributed by atoms with Gasteiger partial charge in [-0.05, 0) is 44.0 Å². The lowest BCUT2D eigenvalue weighted by molar-refractivity contribution is 0.206. The Morgan fingerprint density at radius 1 is 1.30 bits per heavy atom. The number of aromatic nitrogens is 2. The molecule has 0 atom stereocenters. The molecule has 0 bridgehead atoms. The molecule has 2 N–H and O–H groups in total. The quantitative estimate of drug-likeness (QED) is 0.822. The lowest BCUT2D eigenvalue weighted by atomic mass is 10.1. The van der Waals surface area contributed by atoms with Crippen LogP contribution >= 0.6 is 0 Å². The largest absolute Gasteiger partial charge is 0.463 e. The van der Waals surface area contributed by atoms with Gasteiger partial charge in [-0.15, -0.1) is 0 Å². The zero-order chi connectivity index (χ0) is 14.9. The maximum absolute atomic E-state index is 12.2. The van der Waals surface area contributed by atoms with E-state index in [1.165, 1.54) is 4.68 Å². The van der Waals surface area contributed by atoms with Crippen molar-refractivity contribution in [1.29, 1.82) is 0 Å². The summed E-state index contributed by atoms with van der Waals surface area (Å²) in [6.07, 6.45) is -0.267. The number of nitrogens with zero attached hydrogens (tertiary/aromatic N) is 2. The molecule has 1 amide bonds. The van der Waals surface area contributed by atoms with Gasteiger partial charge in [-0.2, -0.15) is 4.99 Å². The van der Waals surface area contributed by atoms with Crippen LogP contribution in [-0.4, -0.2) is 27.2 Å². The summed E-state index contributed by atoms with van der Waals surface area (Å²) >= 11 is 0. The van der Waals surface area contributed by atoms with E-state index in [0.717, 1.165) is 17.3 Å². The normalized spacial score (nSPS) is 11.2. The Morgan fingerprint density at radius 3 is 2.60 bits per heavy atom. The molecule has 0 fully saturated rings. The summed E-state index contributed by atoms with van der Waals surface area (Å²) in [5.74, 6) is 0. The molecule has 0 aliphatic heterocycles. The van der Waals surface area contributed by atoms with E-state index in [-0.39, 0.29) is 11.1 Å². The molecule has 0 spiro atoms. The first-order valence-corrected chi connectivity index (χ1v) is 6.06. The number of aliphatic imine (C=N–C) groups is 1. The Balaban J connectivity index is 2.54. The van der Waals surface area contributed by atoms with Crippen LogP contribution in [0.15, 0.2) is 28.0 Å². The van der Waals surface area contributed by atoms with Crippen molar-refractivity contribution in [3.63, 3.8) is 0 Å². The minimum atomic E-state index is -1.33. The zero-order valence-corrected chi connectivity index (χ0v) is 11.5. The van der Waals surface area contributed by atoms with Crippen LogP contribution in [0.5, 0.6) is 0 Å². The van der Waals surface area contributed by atoms with E-state index in [1.807, 2.05) is 32.0 Å². The van der Waals surface area contributed by atoms with Crippen LogP contribution in [0.25, 0.3) is 5.69 Å². The molecule has 1 aromatic carbocycles. The van der Waals surface area contributed by atoms with Crippen molar-refractivity contribution in [2.75, 3.05) is 0 Å². The number of carbonyl (C=O) groups is 1. The fourth-order valence-electron chi connectivity index (χ4n) is 1.88. The average molecular weight is 273 g/mol. The summed E-state index contributed by atoms with van der Waals surface area (Å²) < 4.78 is 1.38. The molecule has 2 aromatic rings. The molecule has 0 aliphatic rings. The monoisotopic (exact) mass is 273 g/mol. The van der Waals surface area contributed by atoms with Gasteiger partial charge in [-0.25, -0.2) is 9.48 Å². The van der Waals surface area contributed by atoms with Crippen LogP contribution in [-0.2, 0) is 0 Å². The molecule has 0 saturated heterocycles. The highest BCUT2D eigenvalue weighted by Crippen LogP contribution is 2.12. The predicted octanol–water partition coefficient (Wildman–Crippen LogP) is 2.19. The van der Waals surface area contributed by atoms with Gasteiger partial charge < -0.3 is 5.11 Å². The number of hydrogen-bond acceptors (Lipinski definition) is 2. The van der Waals surface area contributed by atoms with Gasteiger partial charge in [-0.1, -0.05) is 6.07 Å². The average Bonchev–Trinajstić information content (AvgIpc) is 2.66. The number of aryl methyl sites for hydroxylation is 3. The Morgan fingerprint density at radius 2 is 2.00 bits per heavy atom. The first-order chi connectivity index (χ1) is 9.40. The number of carboxylic acid groups (broad SMARTS) is 1. The second-order valence-corrected chi connectivity index (χ2v) is 4.60. The number of aromatic amines is 1. The van der Waals surface area contributed by atoms with Gasteiger partial charge in [0, 0.05) is 11.9 Å². The summed E-state index contributed by atoms with van der Waals surface area (Å²) in [5, 5.41) is 11.4. The van der Waals surface area contributed by atoms with Crippen LogP contribution in [0.3, 0.4) is 0 Å². The van der Waals surface area contributed by atoms with E-state index in [9.17, 15) is 9.59 Å². The van der Waals surface area contributed by atoms with Crippen LogP contribution in [0.2, 0.25) is 0 Å². The van der Waals surface area contributed by atoms with Crippen LogP contribution in [0, 0.1) is 20.8 Å². The third-order valence-corrected chi connectivity index (χ3v) is 3.17. The van der Waals surface area contributed by atoms with Crippen molar-refractivity contribution in [3.05, 3.63) is 50.9 Å². The molecule has 0 unspecified atom stereocenters. The molecule has 20 heavy (non-hydrogen) atoms. The molecular formula is C14H15N3O3. The summed E-state index contributed by atoms with van der Waals surface area (Å²) in [4.78, 5) is 25.9. The molecule has 1 aromatic heterocycles. The lowest BCUT2D eigenvalue weighted by Crippen LogP contribution is -2.17. The summed E-state index contributed by atoms with van der Waals surface area (Å²) in [5.41, 5.74) is 3.40. The third kappa shape index (κ3) is 2.54. The van der Waals surface area contributed by atoms with Crippen LogP contribution in [0.4, 0.5) is 4.79 Å². The second-order valence-electron chi connectivity index (χ2n) is 4.60. The predicted molar refractivity (Wildman–Crippen MR) is 76.2 cm³/mol. The van der Waals surface area contributed by atoms with E-state index in [0.29, 0.717) is 11.4 Å². The maximum Gasteiger partial charge on any atom is 0.431 e. The zero-order valence-electron chi connectivity index (χ0n) is 11.5. The molecule has 0 aliphatic carbocycles.